The van der Waals surface area contributed by atoms with Gasteiger partial charge >= 0.3 is 4.87 Å². The number of aromatic nitrogens is 1. The predicted octanol–water partition coefficient (Wildman–Crippen LogP) is 3.75. The molecule has 33 heavy (non-hydrogen) atoms. The van der Waals surface area contributed by atoms with Crippen molar-refractivity contribution < 1.29 is 9.53 Å². The van der Waals surface area contributed by atoms with Crippen LogP contribution >= 0.6 is 11.3 Å². The van der Waals surface area contributed by atoms with Crippen molar-refractivity contribution in [2.24, 2.45) is 0 Å². The first-order valence-electron chi connectivity index (χ1n) is 11.6. The molecular formula is C25H32N4O3S. The van der Waals surface area contributed by atoms with Crippen molar-refractivity contribution in [2.45, 2.75) is 38.6 Å². The number of rotatable bonds is 10. The second kappa shape index (κ2) is 11.4. The number of hydrogen-bond donors (Lipinski definition) is 3. The Morgan fingerprint density at radius 3 is 2.67 bits per heavy atom. The third kappa shape index (κ3) is 6.43. The third-order valence-electron chi connectivity index (χ3n) is 6.08. The Balaban J connectivity index is 1.21. The minimum atomic E-state index is -0.0672. The van der Waals surface area contributed by atoms with E-state index in [1.165, 1.54) is 30.6 Å². The van der Waals surface area contributed by atoms with Crippen molar-refractivity contribution in [2.75, 3.05) is 38.6 Å². The lowest BCUT2D eigenvalue weighted by atomic mass is 10.1. The second-order valence-corrected chi connectivity index (χ2v) is 9.45. The highest BCUT2D eigenvalue weighted by Crippen LogP contribution is 2.28. The third-order valence-corrected chi connectivity index (χ3v) is 7.04. The molecule has 1 aliphatic rings. The summed E-state index contributed by atoms with van der Waals surface area (Å²) in [5.74, 6) is 0.767. The molecule has 0 atom stereocenters. The van der Waals surface area contributed by atoms with Crippen LogP contribution in [0.2, 0.25) is 0 Å². The Labute approximate surface area is 198 Å². The molecule has 1 aromatic heterocycles. The summed E-state index contributed by atoms with van der Waals surface area (Å²) in [6.45, 7) is 4.61. The van der Waals surface area contributed by atoms with Gasteiger partial charge in [0.05, 0.1) is 11.8 Å². The van der Waals surface area contributed by atoms with Crippen LogP contribution in [0.1, 0.15) is 36.8 Å². The van der Waals surface area contributed by atoms with Crippen LogP contribution in [0, 0.1) is 0 Å². The zero-order valence-corrected chi connectivity index (χ0v) is 19.9. The van der Waals surface area contributed by atoms with Crippen LogP contribution in [0.15, 0.2) is 41.2 Å². The number of aromatic amines is 1. The standard InChI is InChI=1S/C25H32N4O3S/c1-32-21-10-7-19(24-23(21)28-25(31)33-24)11-13-26-17-18-5-8-20(9-6-18)27-22(30)12-16-29-14-3-2-4-15-29/h5-10,26H,2-4,11-17H2,1H3,(H,27,30)(H,28,31). The number of thiazole rings is 1. The number of piperidine rings is 1. The van der Waals surface area contributed by atoms with E-state index < -0.39 is 0 Å². The Bertz CT molecular complexity index is 1120. The number of anilines is 1. The van der Waals surface area contributed by atoms with E-state index in [4.69, 9.17) is 4.74 Å². The van der Waals surface area contributed by atoms with Gasteiger partial charge in [-0.3, -0.25) is 9.59 Å². The minimum absolute atomic E-state index is 0.0672. The minimum Gasteiger partial charge on any atom is -0.495 e. The van der Waals surface area contributed by atoms with Crippen LogP contribution in [0.25, 0.3) is 10.2 Å². The Hall–Kier alpha value is -2.68. The van der Waals surface area contributed by atoms with Crippen molar-refractivity contribution in [3.05, 3.63) is 57.2 Å². The van der Waals surface area contributed by atoms with Gasteiger partial charge in [-0.2, -0.15) is 0 Å². The molecule has 2 heterocycles. The van der Waals surface area contributed by atoms with Crippen molar-refractivity contribution in [3.8, 4) is 5.75 Å². The lowest BCUT2D eigenvalue weighted by Gasteiger charge is -2.25. The molecule has 0 unspecified atom stereocenters. The lowest BCUT2D eigenvalue weighted by molar-refractivity contribution is -0.116. The average Bonchev–Trinajstić information content (AvgIpc) is 3.24. The van der Waals surface area contributed by atoms with Gasteiger partial charge in [-0.25, -0.2) is 0 Å². The zero-order chi connectivity index (χ0) is 23.0. The molecule has 1 saturated heterocycles. The quantitative estimate of drug-likeness (QED) is 0.395. The first-order valence-corrected chi connectivity index (χ1v) is 12.4. The summed E-state index contributed by atoms with van der Waals surface area (Å²) in [6, 6.07) is 11.9. The lowest BCUT2D eigenvalue weighted by Crippen LogP contribution is -2.32. The molecule has 0 aliphatic carbocycles. The van der Waals surface area contributed by atoms with Crippen LogP contribution in [-0.2, 0) is 17.8 Å². The molecule has 2 aromatic carbocycles. The number of carbonyl (C=O) groups excluding carboxylic acids is 1. The van der Waals surface area contributed by atoms with Gasteiger partial charge in [0.25, 0.3) is 0 Å². The number of likely N-dealkylation sites (tertiary alicyclic amines) is 1. The predicted molar refractivity (Wildman–Crippen MR) is 134 cm³/mol. The number of benzene rings is 2. The monoisotopic (exact) mass is 468 g/mol. The fraction of sp³-hybridized carbons (Fsp3) is 0.440. The number of ether oxygens (including phenoxy) is 1. The van der Waals surface area contributed by atoms with E-state index in [0.717, 1.165) is 66.2 Å². The topological polar surface area (TPSA) is 86.5 Å². The maximum Gasteiger partial charge on any atom is 0.305 e. The molecule has 0 saturated carbocycles. The molecule has 0 radical (unpaired) electrons. The summed E-state index contributed by atoms with van der Waals surface area (Å²) in [7, 11) is 1.61. The van der Waals surface area contributed by atoms with E-state index in [1.807, 2.05) is 36.4 Å². The van der Waals surface area contributed by atoms with Crippen LogP contribution < -0.4 is 20.2 Å². The molecule has 1 aliphatic heterocycles. The van der Waals surface area contributed by atoms with E-state index >= 15 is 0 Å². The van der Waals surface area contributed by atoms with Gasteiger partial charge in [-0.1, -0.05) is 36.0 Å². The SMILES string of the molecule is COc1ccc(CCNCc2ccc(NC(=O)CCN3CCCCC3)cc2)c2sc(=O)[nH]c12. The van der Waals surface area contributed by atoms with Gasteiger partial charge < -0.3 is 25.3 Å². The van der Waals surface area contributed by atoms with Gasteiger partial charge in [0.1, 0.15) is 11.3 Å². The molecule has 1 amide bonds. The summed E-state index contributed by atoms with van der Waals surface area (Å²) in [5.41, 5.74) is 3.90. The van der Waals surface area contributed by atoms with Crippen molar-refractivity contribution in [1.82, 2.24) is 15.2 Å². The van der Waals surface area contributed by atoms with Gasteiger partial charge in [0.2, 0.25) is 5.91 Å². The molecule has 8 heteroatoms. The van der Waals surface area contributed by atoms with Gasteiger partial charge in [0, 0.05) is 25.2 Å². The second-order valence-electron chi connectivity index (χ2n) is 8.47. The largest absolute Gasteiger partial charge is 0.495 e. The number of methoxy groups -OCH3 is 1. The van der Waals surface area contributed by atoms with Crippen molar-refractivity contribution >= 4 is 33.1 Å². The summed E-state index contributed by atoms with van der Waals surface area (Å²) in [5, 5.41) is 6.46. The number of hydrogen-bond acceptors (Lipinski definition) is 6. The van der Waals surface area contributed by atoms with Gasteiger partial charge in [-0.15, -0.1) is 0 Å². The summed E-state index contributed by atoms with van der Waals surface area (Å²) in [4.78, 5) is 29.2. The first kappa shape index (κ1) is 23.5. The van der Waals surface area contributed by atoms with Crippen LogP contribution in [0.4, 0.5) is 5.69 Å². The Kier molecular flexibility index (Phi) is 8.15. The Morgan fingerprint density at radius 2 is 1.91 bits per heavy atom. The molecule has 3 aromatic rings. The smallest absolute Gasteiger partial charge is 0.305 e. The summed E-state index contributed by atoms with van der Waals surface area (Å²) < 4.78 is 6.31. The number of amides is 1. The fourth-order valence-corrected chi connectivity index (χ4v) is 5.15. The van der Waals surface area contributed by atoms with Crippen LogP contribution in [0.5, 0.6) is 5.75 Å². The highest BCUT2D eigenvalue weighted by Gasteiger charge is 2.12. The van der Waals surface area contributed by atoms with Crippen LogP contribution in [-0.4, -0.2) is 49.1 Å². The Morgan fingerprint density at radius 1 is 1.12 bits per heavy atom. The van der Waals surface area contributed by atoms with Crippen molar-refractivity contribution in [3.63, 3.8) is 0 Å². The zero-order valence-electron chi connectivity index (χ0n) is 19.1. The molecule has 176 valence electrons. The molecule has 1 fully saturated rings. The van der Waals surface area contributed by atoms with E-state index in [2.05, 4.69) is 20.5 Å². The first-order chi connectivity index (χ1) is 16.1. The normalized spacial score (nSPS) is 14.5. The number of fused-ring (bicyclic) bond motifs is 1. The molecule has 0 bridgehead atoms. The highest BCUT2D eigenvalue weighted by molar-refractivity contribution is 7.16. The van der Waals surface area contributed by atoms with E-state index in [1.54, 1.807) is 7.11 Å². The number of H-pyrrole nitrogens is 1. The van der Waals surface area contributed by atoms with Gasteiger partial charge in [0.15, 0.2) is 0 Å². The van der Waals surface area contributed by atoms with E-state index in [9.17, 15) is 9.59 Å². The number of carbonyl (C=O) groups is 1. The molecule has 3 N–H and O–H groups in total. The summed E-state index contributed by atoms with van der Waals surface area (Å²) in [6.07, 6.45) is 5.16. The van der Waals surface area contributed by atoms with E-state index in [0.29, 0.717) is 12.2 Å². The highest BCUT2D eigenvalue weighted by atomic mass is 32.1. The van der Waals surface area contributed by atoms with Crippen molar-refractivity contribution in [1.29, 1.82) is 0 Å². The number of nitrogens with zero attached hydrogens (tertiary/aromatic N) is 1. The summed E-state index contributed by atoms with van der Waals surface area (Å²) >= 11 is 1.22. The molecule has 7 nitrogen and oxygen atoms in total. The average molecular weight is 469 g/mol. The molecule has 0 spiro atoms. The molecular weight excluding hydrogens is 436 g/mol. The maximum atomic E-state index is 12.2. The maximum absolute atomic E-state index is 12.2. The van der Waals surface area contributed by atoms with Gasteiger partial charge in [-0.05, 0) is 68.2 Å². The molecule has 4 rings (SSSR count). The fourth-order valence-electron chi connectivity index (χ4n) is 4.26. The number of nitrogens with one attached hydrogen (secondary N) is 3. The van der Waals surface area contributed by atoms with E-state index in [-0.39, 0.29) is 10.8 Å². The van der Waals surface area contributed by atoms with Crippen LogP contribution in [0.3, 0.4) is 0 Å².